The van der Waals surface area contributed by atoms with Gasteiger partial charge in [0.15, 0.2) is 0 Å². The zero-order valence-corrected chi connectivity index (χ0v) is 13.8. The molecule has 0 radical (unpaired) electrons. The van der Waals surface area contributed by atoms with Crippen LogP contribution in [0.5, 0.6) is 5.75 Å². The second-order valence-electron chi connectivity index (χ2n) is 5.66. The fraction of sp³-hybridized carbons (Fsp3) is 0.600. The van der Waals surface area contributed by atoms with Gasteiger partial charge in [0, 0.05) is 12.7 Å². The minimum absolute atomic E-state index is 0.0867. The van der Waals surface area contributed by atoms with Crippen molar-refractivity contribution in [3.8, 4) is 5.75 Å². The molecule has 0 amide bonds. The molecular weight excluding hydrogens is 310 g/mol. The van der Waals surface area contributed by atoms with Crippen molar-refractivity contribution in [1.82, 2.24) is 0 Å². The molecule has 1 aliphatic carbocycles. The summed E-state index contributed by atoms with van der Waals surface area (Å²) in [6, 6.07) is 5.66. The molecule has 4 nitrogen and oxygen atoms in total. The first-order valence-electron chi connectivity index (χ1n) is 7.24. The number of ether oxygens (including phenoxy) is 1. The molecule has 0 aliphatic heterocycles. The average molecular weight is 332 g/mol. The standard InChI is InChI=1S/C15H22ClNO3S/c1-21(18,19)13-4-2-3-12(10-13)20-15-6-5-11(7-8-17)9-14(15)16/h5-6,9,12-13H,2-4,7-8,10,17H2,1H3. The molecule has 0 heterocycles. The van der Waals surface area contributed by atoms with Gasteiger partial charge in [0.25, 0.3) is 0 Å². The summed E-state index contributed by atoms with van der Waals surface area (Å²) in [6.45, 7) is 0.579. The Morgan fingerprint density at radius 3 is 2.76 bits per heavy atom. The number of hydrogen-bond acceptors (Lipinski definition) is 4. The monoisotopic (exact) mass is 331 g/mol. The van der Waals surface area contributed by atoms with E-state index >= 15 is 0 Å². The summed E-state index contributed by atoms with van der Waals surface area (Å²) in [5.41, 5.74) is 6.60. The van der Waals surface area contributed by atoms with E-state index in [0.29, 0.717) is 23.7 Å². The molecular formula is C15H22ClNO3S. The van der Waals surface area contributed by atoms with Crippen molar-refractivity contribution < 1.29 is 13.2 Å². The fourth-order valence-corrected chi connectivity index (χ4v) is 4.15. The lowest BCUT2D eigenvalue weighted by molar-refractivity contribution is 0.156. The van der Waals surface area contributed by atoms with Gasteiger partial charge in [0.1, 0.15) is 21.7 Å². The molecule has 0 bridgehead atoms. The third-order valence-corrected chi connectivity index (χ3v) is 5.84. The molecule has 1 aliphatic rings. The van der Waals surface area contributed by atoms with E-state index in [1.54, 1.807) is 0 Å². The van der Waals surface area contributed by atoms with Crippen LogP contribution in [0.2, 0.25) is 5.02 Å². The maximum atomic E-state index is 11.7. The van der Waals surface area contributed by atoms with Gasteiger partial charge in [-0.05, 0) is 49.9 Å². The van der Waals surface area contributed by atoms with Crippen LogP contribution in [0.15, 0.2) is 18.2 Å². The van der Waals surface area contributed by atoms with Crippen molar-refractivity contribution in [3.63, 3.8) is 0 Å². The normalized spacial score (nSPS) is 23.0. The number of rotatable bonds is 5. The topological polar surface area (TPSA) is 69.4 Å². The predicted molar refractivity (Wildman–Crippen MR) is 85.7 cm³/mol. The lowest BCUT2D eigenvalue weighted by Crippen LogP contribution is -2.33. The SMILES string of the molecule is CS(=O)(=O)C1CCCC(Oc2ccc(CCN)cc2Cl)C1. The van der Waals surface area contributed by atoms with Crippen molar-refractivity contribution in [2.45, 2.75) is 43.5 Å². The van der Waals surface area contributed by atoms with Gasteiger partial charge < -0.3 is 10.5 Å². The maximum Gasteiger partial charge on any atom is 0.150 e. The van der Waals surface area contributed by atoms with Crippen LogP contribution >= 0.6 is 11.6 Å². The maximum absolute atomic E-state index is 11.7. The highest BCUT2D eigenvalue weighted by atomic mass is 35.5. The first kappa shape index (κ1) is 16.6. The van der Waals surface area contributed by atoms with Crippen LogP contribution < -0.4 is 10.5 Å². The molecule has 1 aromatic carbocycles. The van der Waals surface area contributed by atoms with Gasteiger partial charge >= 0.3 is 0 Å². The molecule has 118 valence electrons. The molecule has 21 heavy (non-hydrogen) atoms. The van der Waals surface area contributed by atoms with Gasteiger partial charge in [0.05, 0.1) is 10.3 Å². The third-order valence-electron chi connectivity index (χ3n) is 3.91. The van der Waals surface area contributed by atoms with E-state index in [-0.39, 0.29) is 11.4 Å². The molecule has 1 saturated carbocycles. The average Bonchev–Trinajstić information content (AvgIpc) is 2.42. The Morgan fingerprint density at radius 1 is 1.38 bits per heavy atom. The summed E-state index contributed by atoms with van der Waals surface area (Å²) in [7, 11) is -3.00. The number of hydrogen-bond donors (Lipinski definition) is 1. The first-order chi connectivity index (χ1) is 9.90. The van der Waals surface area contributed by atoms with Crippen LogP contribution in [0.1, 0.15) is 31.2 Å². The number of sulfone groups is 1. The van der Waals surface area contributed by atoms with Crippen LogP contribution in [-0.4, -0.2) is 32.6 Å². The third kappa shape index (κ3) is 4.59. The highest BCUT2D eigenvalue weighted by Gasteiger charge is 2.30. The van der Waals surface area contributed by atoms with Crippen LogP contribution in [0.25, 0.3) is 0 Å². The lowest BCUT2D eigenvalue weighted by Gasteiger charge is -2.28. The number of benzene rings is 1. The summed E-state index contributed by atoms with van der Waals surface area (Å²) in [5.74, 6) is 0.622. The van der Waals surface area contributed by atoms with Crippen molar-refractivity contribution in [3.05, 3.63) is 28.8 Å². The smallest absolute Gasteiger partial charge is 0.150 e. The minimum atomic E-state index is -3.00. The molecule has 2 rings (SSSR count). The first-order valence-corrected chi connectivity index (χ1v) is 9.57. The van der Waals surface area contributed by atoms with Gasteiger partial charge in [-0.25, -0.2) is 8.42 Å². The fourth-order valence-electron chi connectivity index (χ4n) is 2.74. The van der Waals surface area contributed by atoms with E-state index in [9.17, 15) is 8.42 Å². The van der Waals surface area contributed by atoms with E-state index in [0.717, 1.165) is 31.2 Å². The van der Waals surface area contributed by atoms with Gasteiger partial charge in [-0.2, -0.15) is 0 Å². The largest absolute Gasteiger partial charge is 0.489 e. The van der Waals surface area contributed by atoms with Gasteiger partial charge in [0.2, 0.25) is 0 Å². The van der Waals surface area contributed by atoms with Crippen molar-refractivity contribution >= 4 is 21.4 Å². The molecule has 2 atom stereocenters. The molecule has 6 heteroatoms. The molecule has 0 saturated heterocycles. The van der Waals surface area contributed by atoms with E-state index < -0.39 is 9.84 Å². The summed E-state index contributed by atoms with van der Waals surface area (Å²) in [5, 5.41) is 0.258. The zero-order chi connectivity index (χ0) is 15.5. The second kappa shape index (κ2) is 6.99. The summed E-state index contributed by atoms with van der Waals surface area (Å²) in [6.07, 6.45) is 4.99. The van der Waals surface area contributed by atoms with Gasteiger partial charge in [-0.15, -0.1) is 0 Å². The Morgan fingerprint density at radius 2 is 2.14 bits per heavy atom. The van der Waals surface area contributed by atoms with E-state index in [1.807, 2.05) is 18.2 Å². The Bertz CT molecular complexity index is 589. The summed E-state index contributed by atoms with van der Waals surface area (Å²) in [4.78, 5) is 0. The highest BCUT2D eigenvalue weighted by molar-refractivity contribution is 7.91. The molecule has 0 spiro atoms. The number of halogens is 1. The predicted octanol–water partition coefficient (Wildman–Crippen LogP) is 2.58. The van der Waals surface area contributed by atoms with E-state index in [1.165, 1.54) is 6.26 Å². The van der Waals surface area contributed by atoms with Crippen LogP contribution in [0.4, 0.5) is 0 Å². The molecule has 2 N–H and O–H groups in total. The van der Waals surface area contributed by atoms with Gasteiger partial charge in [-0.1, -0.05) is 17.7 Å². The van der Waals surface area contributed by atoms with Crippen molar-refractivity contribution in [2.75, 3.05) is 12.8 Å². The molecule has 0 aromatic heterocycles. The summed E-state index contributed by atoms with van der Waals surface area (Å²) >= 11 is 6.23. The van der Waals surface area contributed by atoms with Crippen LogP contribution in [0, 0.1) is 0 Å². The quantitative estimate of drug-likeness (QED) is 0.900. The van der Waals surface area contributed by atoms with Crippen LogP contribution in [-0.2, 0) is 16.3 Å². The van der Waals surface area contributed by atoms with Crippen LogP contribution in [0.3, 0.4) is 0 Å². The Hall–Kier alpha value is -0.780. The molecule has 1 fully saturated rings. The highest BCUT2D eigenvalue weighted by Crippen LogP contribution is 2.31. The zero-order valence-electron chi connectivity index (χ0n) is 12.2. The van der Waals surface area contributed by atoms with Crippen molar-refractivity contribution in [1.29, 1.82) is 0 Å². The van der Waals surface area contributed by atoms with Gasteiger partial charge in [-0.3, -0.25) is 0 Å². The molecule has 2 unspecified atom stereocenters. The van der Waals surface area contributed by atoms with E-state index in [4.69, 9.17) is 22.1 Å². The molecule has 1 aromatic rings. The Labute approximate surface area is 131 Å². The van der Waals surface area contributed by atoms with E-state index in [2.05, 4.69) is 0 Å². The Kier molecular flexibility index (Phi) is 5.52. The number of nitrogens with two attached hydrogens (primary N) is 1. The Balaban J connectivity index is 2.04. The summed E-state index contributed by atoms with van der Waals surface area (Å²) < 4.78 is 29.3. The minimum Gasteiger partial charge on any atom is -0.489 e. The lowest BCUT2D eigenvalue weighted by atomic mass is 9.97. The second-order valence-corrected chi connectivity index (χ2v) is 8.39. The van der Waals surface area contributed by atoms with Crippen molar-refractivity contribution in [2.24, 2.45) is 5.73 Å².